The third-order valence-corrected chi connectivity index (χ3v) is 8.00. The number of ether oxygens (including phenoxy) is 2. The van der Waals surface area contributed by atoms with E-state index in [-0.39, 0.29) is 5.56 Å². The number of benzene rings is 3. The van der Waals surface area contributed by atoms with E-state index in [2.05, 4.69) is 11.4 Å². The van der Waals surface area contributed by atoms with Crippen LogP contribution in [0.4, 0.5) is 4.79 Å². The van der Waals surface area contributed by atoms with Gasteiger partial charge >= 0.3 is 12.1 Å². The van der Waals surface area contributed by atoms with Gasteiger partial charge in [-0.3, -0.25) is 0 Å². The maximum atomic E-state index is 13.1. The second-order valence-electron chi connectivity index (χ2n) is 12.2. The number of hydrogen-bond acceptors (Lipinski definition) is 5. The predicted molar refractivity (Wildman–Crippen MR) is 186 cm³/mol. The van der Waals surface area contributed by atoms with Crippen LogP contribution in [0.1, 0.15) is 54.5 Å². The summed E-state index contributed by atoms with van der Waals surface area (Å²) in [6.45, 7) is 5.85. The Hall–Kier alpha value is -4.79. The maximum Gasteiger partial charge on any atom is 0.408 e. The molecule has 1 aliphatic rings. The van der Waals surface area contributed by atoms with Crippen LogP contribution in [-0.4, -0.2) is 45.0 Å². The van der Waals surface area contributed by atoms with Gasteiger partial charge in [0.1, 0.15) is 17.2 Å². The molecule has 5 rings (SSSR count). The number of aromatic nitrogens is 2. The molecule has 1 unspecified atom stereocenters. The quantitative estimate of drug-likeness (QED) is 0.184. The molecule has 0 saturated carbocycles. The number of nitrogens with zero attached hydrogens (tertiary/aromatic N) is 2. The van der Waals surface area contributed by atoms with Gasteiger partial charge in [-0.1, -0.05) is 71.8 Å². The summed E-state index contributed by atoms with van der Waals surface area (Å²) in [7, 11) is 1.63. The first-order valence-corrected chi connectivity index (χ1v) is 15.7. The molecular formula is C37H35Cl2N3O5. The van der Waals surface area contributed by atoms with E-state index in [9.17, 15) is 14.7 Å². The number of methoxy groups -OCH3 is 1. The third-order valence-electron chi connectivity index (χ3n) is 7.45. The van der Waals surface area contributed by atoms with Gasteiger partial charge in [0.05, 0.1) is 28.9 Å². The zero-order valence-electron chi connectivity index (χ0n) is 26.5. The van der Waals surface area contributed by atoms with Crippen LogP contribution >= 0.6 is 23.2 Å². The van der Waals surface area contributed by atoms with Gasteiger partial charge in [0, 0.05) is 23.3 Å². The molecule has 1 amide bonds. The number of carboxylic acids is 1. The molecule has 1 aliphatic carbocycles. The summed E-state index contributed by atoms with van der Waals surface area (Å²) < 4.78 is 13.0. The SMILES string of the molecule is COc1cccc(C2=CCC(/C=C/c3nc(-c4ccc(Cl)cc4Cl)cn3Cc3ccc(C(=O)O)cc3)(NC(=O)OC(C)(C)C)C=C2)c1. The molecule has 0 radical (unpaired) electrons. The van der Waals surface area contributed by atoms with Crippen LogP contribution in [-0.2, 0) is 11.3 Å². The minimum atomic E-state index is -0.991. The largest absolute Gasteiger partial charge is 0.497 e. The number of imidazole rings is 1. The molecule has 0 aliphatic heterocycles. The van der Waals surface area contributed by atoms with Crippen molar-refractivity contribution in [2.45, 2.75) is 44.9 Å². The van der Waals surface area contributed by atoms with Crippen LogP contribution in [0.15, 0.2) is 97.2 Å². The second-order valence-corrected chi connectivity index (χ2v) is 13.0. The Kier molecular flexibility index (Phi) is 9.94. The van der Waals surface area contributed by atoms with Gasteiger partial charge in [0.15, 0.2) is 0 Å². The number of halogens is 2. The first-order chi connectivity index (χ1) is 22.3. The first kappa shape index (κ1) is 33.6. The normalized spacial score (nSPS) is 16.2. The van der Waals surface area contributed by atoms with Crippen molar-refractivity contribution >= 4 is 46.9 Å². The molecule has 0 bridgehead atoms. The molecule has 8 nitrogen and oxygen atoms in total. The average Bonchev–Trinajstić information content (AvgIpc) is 3.41. The van der Waals surface area contributed by atoms with Crippen LogP contribution in [0.25, 0.3) is 22.9 Å². The molecule has 1 heterocycles. The van der Waals surface area contributed by atoms with Gasteiger partial charge in [0.25, 0.3) is 0 Å². The Bertz CT molecular complexity index is 1890. The zero-order chi connectivity index (χ0) is 33.8. The molecule has 1 aromatic heterocycles. The Morgan fingerprint density at radius 3 is 2.49 bits per heavy atom. The summed E-state index contributed by atoms with van der Waals surface area (Å²) in [6.07, 6.45) is 11.5. The van der Waals surface area contributed by atoms with E-state index in [4.69, 9.17) is 37.7 Å². The van der Waals surface area contributed by atoms with Crippen LogP contribution in [0.2, 0.25) is 10.0 Å². The van der Waals surface area contributed by atoms with Crippen molar-refractivity contribution in [1.29, 1.82) is 0 Å². The van der Waals surface area contributed by atoms with Crippen LogP contribution < -0.4 is 10.1 Å². The smallest absolute Gasteiger partial charge is 0.408 e. The number of aromatic carboxylic acids is 1. The number of carbonyl (C=O) groups excluding carboxylic acids is 1. The fourth-order valence-corrected chi connectivity index (χ4v) is 5.62. The summed E-state index contributed by atoms with van der Waals surface area (Å²) in [5.41, 5.74) is 2.78. The number of allylic oxidation sites excluding steroid dienone is 2. The Balaban J connectivity index is 1.52. The van der Waals surface area contributed by atoms with Crippen molar-refractivity contribution in [2.75, 3.05) is 7.11 Å². The molecule has 10 heteroatoms. The fourth-order valence-electron chi connectivity index (χ4n) is 5.11. The predicted octanol–water partition coefficient (Wildman–Crippen LogP) is 8.93. The van der Waals surface area contributed by atoms with Gasteiger partial charge in [-0.15, -0.1) is 0 Å². The molecule has 0 saturated heterocycles. The fraction of sp³-hybridized carbons (Fsp3) is 0.216. The highest BCUT2D eigenvalue weighted by atomic mass is 35.5. The second kappa shape index (κ2) is 13.9. The molecule has 0 fully saturated rings. The number of carbonyl (C=O) groups is 2. The standard InChI is InChI=1S/C37H35Cl2N3O5/c1-36(2,3)47-35(45)41-37(17-14-25(15-18-37)27-6-5-7-29(20-27)46-4)19-16-33-40-32(30-13-12-28(38)21-31(30)39)23-42(33)22-24-8-10-26(11-9-24)34(43)44/h5-17,19-21,23H,18,22H2,1-4H3,(H,41,45)(H,43,44)/b19-16+. The summed E-state index contributed by atoms with van der Waals surface area (Å²) in [4.78, 5) is 29.4. The Labute approximate surface area is 284 Å². The van der Waals surface area contributed by atoms with Crippen LogP contribution in [0.3, 0.4) is 0 Å². The van der Waals surface area contributed by atoms with Crippen molar-refractivity contribution in [2.24, 2.45) is 0 Å². The first-order valence-electron chi connectivity index (χ1n) is 14.9. The van der Waals surface area contributed by atoms with Gasteiger partial charge in [0.2, 0.25) is 0 Å². The van der Waals surface area contributed by atoms with E-state index in [0.717, 1.165) is 22.4 Å². The molecular weight excluding hydrogens is 637 g/mol. The van der Waals surface area contributed by atoms with Crippen molar-refractivity contribution < 1.29 is 24.2 Å². The minimum absolute atomic E-state index is 0.203. The summed E-state index contributed by atoms with van der Waals surface area (Å²) >= 11 is 12.7. The summed E-state index contributed by atoms with van der Waals surface area (Å²) in [6, 6.07) is 19.7. The minimum Gasteiger partial charge on any atom is -0.497 e. The van der Waals surface area contributed by atoms with E-state index < -0.39 is 23.2 Å². The Morgan fingerprint density at radius 1 is 1.09 bits per heavy atom. The summed E-state index contributed by atoms with van der Waals surface area (Å²) in [5.74, 6) is 0.352. The zero-order valence-corrected chi connectivity index (χ0v) is 28.0. The van der Waals surface area contributed by atoms with Gasteiger partial charge in [-0.05, 0) is 92.4 Å². The van der Waals surface area contributed by atoms with Crippen molar-refractivity contribution in [1.82, 2.24) is 14.9 Å². The van der Waals surface area contributed by atoms with Crippen LogP contribution in [0.5, 0.6) is 5.75 Å². The monoisotopic (exact) mass is 671 g/mol. The number of amides is 1. The van der Waals surface area contributed by atoms with Gasteiger partial charge < -0.3 is 24.5 Å². The molecule has 3 aromatic carbocycles. The summed E-state index contributed by atoms with van der Waals surface area (Å²) in [5, 5.41) is 13.4. The van der Waals surface area contributed by atoms with E-state index >= 15 is 0 Å². The lowest BCUT2D eigenvalue weighted by molar-refractivity contribution is 0.0494. The van der Waals surface area contributed by atoms with Gasteiger partial charge in [-0.25, -0.2) is 14.6 Å². The molecule has 1 atom stereocenters. The van der Waals surface area contributed by atoms with Gasteiger partial charge in [-0.2, -0.15) is 0 Å². The number of rotatable bonds is 9. The lowest BCUT2D eigenvalue weighted by Gasteiger charge is -2.32. The molecule has 0 spiro atoms. The third kappa shape index (κ3) is 8.52. The number of alkyl carbamates (subject to hydrolysis) is 1. The van der Waals surface area contributed by atoms with Crippen molar-refractivity contribution in [3.63, 3.8) is 0 Å². The molecule has 47 heavy (non-hydrogen) atoms. The van der Waals surface area contributed by atoms with E-state index in [1.54, 1.807) is 43.5 Å². The topological polar surface area (TPSA) is 103 Å². The van der Waals surface area contributed by atoms with Crippen molar-refractivity contribution in [3.8, 4) is 17.0 Å². The molecule has 242 valence electrons. The van der Waals surface area contributed by atoms with Crippen molar-refractivity contribution in [3.05, 3.63) is 130 Å². The molecule has 4 aromatic rings. The van der Waals surface area contributed by atoms with E-state index in [1.807, 2.05) is 86.2 Å². The number of nitrogens with one attached hydrogen (secondary N) is 1. The Morgan fingerprint density at radius 2 is 1.85 bits per heavy atom. The van der Waals surface area contributed by atoms with E-state index in [0.29, 0.717) is 40.1 Å². The average molecular weight is 673 g/mol. The number of hydrogen-bond donors (Lipinski definition) is 2. The number of carboxylic acid groups (broad SMARTS) is 1. The highest BCUT2D eigenvalue weighted by Crippen LogP contribution is 2.33. The molecule has 2 N–H and O–H groups in total. The lowest BCUT2D eigenvalue weighted by Crippen LogP contribution is -2.47. The highest BCUT2D eigenvalue weighted by Gasteiger charge is 2.30. The maximum absolute atomic E-state index is 13.1. The lowest BCUT2D eigenvalue weighted by atomic mass is 9.86. The van der Waals surface area contributed by atoms with E-state index in [1.165, 1.54) is 0 Å². The van der Waals surface area contributed by atoms with Crippen LogP contribution in [0, 0.1) is 0 Å². The highest BCUT2D eigenvalue weighted by molar-refractivity contribution is 6.36.